The lowest BCUT2D eigenvalue weighted by atomic mass is 9.70. The zero-order chi connectivity index (χ0) is 15.3. The quantitative estimate of drug-likeness (QED) is 0.856. The Kier molecular flexibility index (Phi) is 3.24. The summed E-state index contributed by atoms with van der Waals surface area (Å²) >= 11 is 0. The maximum Gasteiger partial charge on any atom is 0.410 e. The minimum absolute atomic E-state index is 0.139. The number of hydrogen-bond donors (Lipinski definition) is 1. The molecule has 0 saturated carbocycles. The van der Waals surface area contributed by atoms with E-state index in [9.17, 15) is 4.79 Å². The first-order valence-corrected chi connectivity index (χ1v) is 7.49. The third kappa shape index (κ3) is 2.64. The number of rotatable bonds is 1. The van der Waals surface area contributed by atoms with Gasteiger partial charge in [-0.3, -0.25) is 4.68 Å². The van der Waals surface area contributed by atoms with Crippen LogP contribution in [0, 0.1) is 5.41 Å². The molecule has 1 N–H and O–H groups in total. The minimum Gasteiger partial charge on any atom is -0.444 e. The molecule has 1 aromatic heterocycles. The molecular weight excluding hydrogens is 268 g/mol. The van der Waals surface area contributed by atoms with Gasteiger partial charge in [0.1, 0.15) is 5.60 Å². The van der Waals surface area contributed by atoms with Crippen LogP contribution in [-0.4, -0.2) is 46.0 Å². The number of aryl methyl sites for hydroxylation is 1. The molecule has 0 aromatic carbocycles. The van der Waals surface area contributed by atoms with E-state index < -0.39 is 5.60 Å². The van der Waals surface area contributed by atoms with Crippen molar-refractivity contribution in [2.24, 2.45) is 12.5 Å². The van der Waals surface area contributed by atoms with Crippen molar-refractivity contribution < 1.29 is 9.53 Å². The maximum atomic E-state index is 12.2. The van der Waals surface area contributed by atoms with Crippen molar-refractivity contribution in [1.29, 1.82) is 0 Å². The van der Waals surface area contributed by atoms with Crippen molar-refractivity contribution in [3.63, 3.8) is 0 Å². The molecule has 21 heavy (non-hydrogen) atoms. The van der Waals surface area contributed by atoms with E-state index in [1.54, 1.807) is 0 Å². The number of carbonyl (C=O) groups excluding carboxylic acids is 1. The Bertz CT molecular complexity index is 548. The van der Waals surface area contributed by atoms with Crippen LogP contribution in [0.4, 0.5) is 4.79 Å². The van der Waals surface area contributed by atoms with Crippen molar-refractivity contribution in [1.82, 2.24) is 20.0 Å². The lowest BCUT2D eigenvalue weighted by Crippen LogP contribution is -2.57. The van der Waals surface area contributed by atoms with Gasteiger partial charge < -0.3 is 15.0 Å². The predicted molar refractivity (Wildman–Crippen MR) is 78.8 cm³/mol. The van der Waals surface area contributed by atoms with Gasteiger partial charge in [-0.05, 0) is 27.2 Å². The number of amides is 1. The van der Waals surface area contributed by atoms with E-state index in [1.165, 1.54) is 5.56 Å². The van der Waals surface area contributed by atoms with Gasteiger partial charge in [-0.2, -0.15) is 5.10 Å². The molecule has 1 amide bonds. The van der Waals surface area contributed by atoms with Crippen LogP contribution >= 0.6 is 0 Å². The molecule has 2 saturated heterocycles. The molecule has 2 fully saturated rings. The van der Waals surface area contributed by atoms with Gasteiger partial charge in [0.25, 0.3) is 0 Å². The van der Waals surface area contributed by atoms with Gasteiger partial charge >= 0.3 is 6.09 Å². The summed E-state index contributed by atoms with van der Waals surface area (Å²) in [5, 5.41) is 7.73. The second-order valence-corrected chi connectivity index (χ2v) is 7.28. The lowest BCUT2D eigenvalue weighted by molar-refractivity contribution is 0.0216. The van der Waals surface area contributed by atoms with Crippen LogP contribution < -0.4 is 5.32 Å². The predicted octanol–water partition coefficient (Wildman–Crippen LogP) is 1.69. The van der Waals surface area contributed by atoms with Gasteiger partial charge in [0.15, 0.2) is 0 Å². The number of likely N-dealkylation sites (tertiary alicyclic amines) is 1. The molecule has 0 bridgehead atoms. The fourth-order valence-electron chi connectivity index (χ4n) is 3.31. The molecule has 2 aliphatic heterocycles. The van der Waals surface area contributed by atoms with E-state index >= 15 is 0 Å². The molecule has 0 radical (unpaired) electrons. The Morgan fingerprint density at radius 1 is 1.52 bits per heavy atom. The van der Waals surface area contributed by atoms with Gasteiger partial charge in [0.05, 0.1) is 6.20 Å². The molecule has 0 aliphatic carbocycles. The molecule has 3 rings (SSSR count). The highest BCUT2D eigenvalue weighted by Gasteiger charge is 2.53. The second kappa shape index (κ2) is 4.73. The molecule has 6 heteroatoms. The summed E-state index contributed by atoms with van der Waals surface area (Å²) in [4.78, 5) is 14.0. The van der Waals surface area contributed by atoms with Crippen molar-refractivity contribution >= 4 is 6.09 Å². The SMILES string of the molecule is Cn1cc([C@@H]2NC[C@]23CCN(C(=O)OC(C)(C)C)C3)cn1. The van der Waals surface area contributed by atoms with E-state index in [4.69, 9.17) is 4.74 Å². The molecule has 116 valence electrons. The summed E-state index contributed by atoms with van der Waals surface area (Å²) in [6, 6.07) is 0.290. The molecular formula is C15H24N4O2. The van der Waals surface area contributed by atoms with Gasteiger partial charge in [-0.1, -0.05) is 0 Å². The van der Waals surface area contributed by atoms with Gasteiger partial charge in [0, 0.05) is 49.9 Å². The van der Waals surface area contributed by atoms with E-state index in [1.807, 2.05) is 43.6 Å². The summed E-state index contributed by atoms with van der Waals surface area (Å²) < 4.78 is 7.30. The lowest BCUT2D eigenvalue weighted by Gasteiger charge is -2.47. The molecule has 3 heterocycles. The van der Waals surface area contributed by atoms with Crippen LogP contribution in [0.5, 0.6) is 0 Å². The number of nitrogens with one attached hydrogen (secondary N) is 1. The molecule has 2 atom stereocenters. The molecule has 1 aromatic rings. The number of hydrogen-bond acceptors (Lipinski definition) is 4. The number of carbonyl (C=O) groups is 1. The highest BCUT2D eigenvalue weighted by molar-refractivity contribution is 5.68. The van der Waals surface area contributed by atoms with Crippen molar-refractivity contribution in [3.8, 4) is 0 Å². The summed E-state index contributed by atoms with van der Waals surface area (Å²) in [5.41, 5.74) is 0.905. The average Bonchev–Trinajstić information content (AvgIpc) is 2.94. The summed E-state index contributed by atoms with van der Waals surface area (Å²) in [6.45, 7) is 8.19. The Labute approximate surface area is 125 Å². The van der Waals surface area contributed by atoms with Gasteiger partial charge in [-0.25, -0.2) is 4.79 Å². The van der Waals surface area contributed by atoms with E-state index in [2.05, 4.69) is 16.6 Å². The number of nitrogens with zero attached hydrogens (tertiary/aromatic N) is 3. The molecule has 6 nitrogen and oxygen atoms in total. The standard InChI is InChI=1S/C15H24N4O2/c1-14(2,3)21-13(20)19-6-5-15(10-19)9-16-12(15)11-7-17-18(4)8-11/h7-8,12,16H,5-6,9-10H2,1-4H3/t12-,15-/m0/s1. The van der Waals surface area contributed by atoms with Crippen LogP contribution in [0.25, 0.3) is 0 Å². The third-order valence-corrected chi connectivity index (χ3v) is 4.37. The molecule has 2 aliphatic rings. The first-order valence-electron chi connectivity index (χ1n) is 7.49. The Morgan fingerprint density at radius 2 is 2.29 bits per heavy atom. The summed E-state index contributed by atoms with van der Waals surface area (Å²) in [6.07, 6.45) is 4.78. The first-order chi connectivity index (χ1) is 9.79. The largest absolute Gasteiger partial charge is 0.444 e. The van der Waals surface area contributed by atoms with Crippen molar-refractivity contribution in [2.45, 2.75) is 38.8 Å². The average molecular weight is 292 g/mol. The van der Waals surface area contributed by atoms with Crippen LogP contribution in [0.1, 0.15) is 38.8 Å². The fourth-order valence-corrected chi connectivity index (χ4v) is 3.31. The van der Waals surface area contributed by atoms with Crippen LogP contribution in [0.2, 0.25) is 0 Å². The van der Waals surface area contributed by atoms with Crippen molar-refractivity contribution in [2.75, 3.05) is 19.6 Å². The summed E-state index contributed by atoms with van der Waals surface area (Å²) in [5.74, 6) is 0. The topological polar surface area (TPSA) is 59.4 Å². The normalized spacial score (nSPS) is 28.8. The highest BCUT2D eigenvalue weighted by atomic mass is 16.6. The van der Waals surface area contributed by atoms with Gasteiger partial charge in [0.2, 0.25) is 0 Å². The van der Waals surface area contributed by atoms with Crippen LogP contribution in [0.15, 0.2) is 12.4 Å². The van der Waals surface area contributed by atoms with Crippen LogP contribution in [-0.2, 0) is 11.8 Å². The Hall–Kier alpha value is -1.56. The van der Waals surface area contributed by atoms with Crippen LogP contribution in [0.3, 0.4) is 0 Å². The first kappa shape index (κ1) is 14.4. The monoisotopic (exact) mass is 292 g/mol. The van der Waals surface area contributed by atoms with E-state index in [0.29, 0.717) is 6.04 Å². The smallest absolute Gasteiger partial charge is 0.410 e. The van der Waals surface area contributed by atoms with Gasteiger partial charge in [-0.15, -0.1) is 0 Å². The highest BCUT2D eigenvalue weighted by Crippen LogP contribution is 2.47. The number of aromatic nitrogens is 2. The Balaban J connectivity index is 1.67. The van der Waals surface area contributed by atoms with Crippen molar-refractivity contribution in [3.05, 3.63) is 18.0 Å². The Morgan fingerprint density at radius 3 is 2.81 bits per heavy atom. The second-order valence-electron chi connectivity index (χ2n) is 7.28. The van der Waals surface area contributed by atoms with E-state index in [-0.39, 0.29) is 11.5 Å². The number of ether oxygens (including phenoxy) is 1. The third-order valence-electron chi connectivity index (χ3n) is 4.37. The zero-order valence-electron chi connectivity index (χ0n) is 13.2. The molecule has 1 spiro atoms. The fraction of sp³-hybridized carbons (Fsp3) is 0.733. The minimum atomic E-state index is -0.437. The molecule has 0 unspecified atom stereocenters. The maximum absolute atomic E-state index is 12.2. The van der Waals surface area contributed by atoms with E-state index in [0.717, 1.165) is 26.1 Å². The summed E-state index contributed by atoms with van der Waals surface area (Å²) in [7, 11) is 1.93. The zero-order valence-corrected chi connectivity index (χ0v) is 13.2.